The number of nitrogens with zero attached hydrogens (tertiary/aromatic N) is 1. The average molecular weight is 472 g/mol. The highest BCUT2D eigenvalue weighted by Crippen LogP contribution is 2.38. The van der Waals surface area contributed by atoms with Crippen LogP contribution in [0.3, 0.4) is 0 Å². The van der Waals surface area contributed by atoms with E-state index in [0.29, 0.717) is 13.2 Å². The first-order chi connectivity index (χ1) is 16.3. The highest BCUT2D eigenvalue weighted by Gasteiger charge is 2.42. The van der Waals surface area contributed by atoms with E-state index in [0.717, 1.165) is 71.2 Å². The number of piperidine rings is 1. The van der Waals surface area contributed by atoms with Crippen molar-refractivity contribution in [2.45, 2.75) is 85.2 Å². The number of carbonyl (C=O) groups is 2. The van der Waals surface area contributed by atoms with Crippen molar-refractivity contribution >= 4 is 11.8 Å². The van der Waals surface area contributed by atoms with Gasteiger partial charge in [-0.1, -0.05) is 50.5 Å². The Kier molecular flexibility index (Phi) is 9.96. The van der Waals surface area contributed by atoms with Gasteiger partial charge in [-0.05, 0) is 76.1 Å². The second-order valence-corrected chi connectivity index (χ2v) is 10.5. The predicted octanol–water partition coefficient (Wildman–Crippen LogP) is 4.12. The smallest absolute Gasteiger partial charge is 0.242 e. The first-order valence-electron chi connectivity index (χ1n) is 13.3. The second kappa shape index (κ2) is 12.7. The van der Waals surface area contributed by atoms with Gasteiger partial charge in [0.15, 0.2) is 0 Å². The van der Waals surface area contributed by atoms with Crippen LogP contribution in [0.5, 0.6) is 0 Å². The molecule has 6 nitrogen and oxygen atoms in total. The fourth-order valence-electron chi connectivity index (χ4n) is 5.26. The number of hydrogen-bond acceptors (Lipinski definition) is 4. The Hall–Kier alpha value is -1.92. The lowest BCUT2D eigenvalue weighted by Gasteiger charge is -2.42. The number of nitrogens with one attached hydrogen (secondary N) is 2. The zero-order valence-corrected chi connectivity index (χ0v) is 21.8. The third kappa shape index (κ3) is 7.05. The molecule has 0 unspecified atom stereocenters. The van der Waals surface area contributed by atoms with Gasteiger partial charge in [0.25, 0.3) is 0 Å². The van der Waals surface area contributed by atoms with E-state index in [9.17, 15) is 9.59 Å². The van der Waals surface area contributed by atoms with Crippen LogP contribution in [0.1, 0.15) is 75.5 Å². The first-order valence-corrected chi connectivity index (χ1v) is 13.3. The van der Waals surface area contributed by atoms with Crippen molar-refractivity contribution in [1.29, 1.82) is 0 Å². The molecule has 2 atom stereocenters. The Morgan fingerprint density at radius 2 is 1.82 bits per heavy atom. The number of aryl methyl sites for hydroxylation is 2. The van der Waals surface area contributed by atoms with Crippen LogP contribution in [0, 0.1) is 25.2 Å². The molecule has 34 heavy (non-hydrogen) atoms. The van der Waals surface area contributed by atoms with Crippen LogP contribution in [-0.2, 0) is 20.9 Å². The van der Waals surface area contributed by atoms with Crippen LogP contribution < -0.4 is 10.6 Å². The molecule has 2 fully saturated rings. The zero-order chi connectivity index (χ0) is 24.6. The number of benzene rings is 1. The van der Waals surface area contributed by atoms with Crippen molar-refractivity contribution < 1.29 is 14.3 Å². The van der Waals surface area contributed by atoms with Crippen molar-refractivity contribution in [3.63, 3.8) is 0 Å². The van der Waals surface area contributed by atoms with Gasteiger partial charge in [-0.25, -0.2) is 0 Å². The normalized spacial score (nSPS) is 24.2. The summed E-state index contributed by atoms with van der Waals surface area (Å²) in [6.45, 7) is 13.1. The fraction of sp³-hybridized carbons (Fsp3) is 0.714. The van der Waals surface area contributed by atoms with Crippen LogP contribution in [0.4, 0.5) is 0 Å². The van der Waals surface area contributed by atoms with Crippen molar-refractivity contribution in [2.75, 3.05) is 32.8 Å². The topological polar surface area (TPSA) is 70.7 Å². The van der Waals surface area contributed by atoms with Gasteiger partial charge in [-0.3, -0.25) is 14.5 Å². The van der Waals surface area contributed by atoms with Crippen LogP contribution in [0.2, 0.25) is 0 Å². The van der Waals surface area contributed by atoms with Gasteiger partial charge in [0.05, 0.1) is 5.41 Å². The molecule has 0 aromatic heterocycles. The third-order valence-corrected chi connectivity index (χ3v) is 7.93. The summed E-state index contributed by atoms with van der Waals surface area (Å²) in [7, 11) is 0. The van der Waals surface area contributed by atoms with Crippen LogP contribution in [-0.4, -0.2) is 55.6 Å². The highest BCUT2D eigenvalue weighted by atomic mass is 16.5. The minimum atomic E-state index is -0.480. The van der Waals surface area contributed by atoms with E-state index in [1.807, 2.05) is 0 Å². The largest absolute Gasteiger partial charge is 0.381 e. The molecule has 2 aliphatic rings. The molecule has 190 valence electrons. The summed E-state index contributed by atoms with van der Waals surface area (Å²) in [5, 5.41) is 6.23. The maximum absolute atomic E-state index is 13.8. The molecule has 0 aliphatic carbocycles. The number of amides is 2. The van der Waals surface area contributed by atoms with Gasteiger partial charge in [0.2, 0.25) is 11.8 Å². The van der Waals surface area contributed by atoms with E-state index in [1.54, 1.807) is 0 Å². The Morgan fingerprint density at radius 1 is 1.09 bits per heavy atom. The molecule has 2 heterocycles. The van der Waals surface area contributed by atoms with E-state index >= 15 is 0 Å². The number of hydrogen-bond donors (Lipinski definition) is 2. The number of ether oxygens (including phenoxy) is 1. The van der Waals surface area contributed by atoms with Gasteiger partial charge < -0.3 is 15.4 Å². The lowest BCUT2D eigenvalue weighted by atomic mass is 9.73. The minimum absolute atomic E-state index is 0.0668. The molecule has 2 amide bonds. The van der Waals surface area contributed by atoms with Crippen molar-refractivity contribution in [3.8, 4) is 0 Å². The van der Waals surface area contributed by atoms with E-state index in [2.05, 4.69) is 61.4 Å². The van der Waals surface area contributed by atoms with Crippen LogP contribution in [0.15, 0.2) is 18.2 Å². The van der Waals surface area contributed by atoms with Crippen molar-refractivity contribution in [3.05, 3.63) is 34.9 Å². The summed E-state index contributed by atoms with van der Waals surface area (Å²) >= 11 is 0. The standard InChI is InChI=1S/C28H45N3O3/c1-5-22(3)25-26(32)29-14-8-18-34-17-7-6-11-28(27(33)30-25)12-15-31(16-13-28)20-24-10-9-21(2)19-23(24)4/h9-10,19,22,25H,5-8,11-18,20H2,1-4H3,(H,29,32)(H,30,33)/t22-,25-/m0/s1. The van der Waals surface area contributed by atoms with Gasteiger partial charge in [-0.2, -0.15) is 0 Å². The fourth-order valence-corrected chi connectivity index (χ4v) is 5.26. The molecule has 1 aromatic rings. The zero-order valence-electron chi connectivity index (χ0n) is 21.8. The predicted molar refractivity (Wildman–Crippen MR) is 137 cm³/mol. The molecule has 3 rings (SSSR count). The van der Waals surface area contributed by atoms with E-state index < -0.39 is 11.5 Å². The molecule has 1 spiro atoms. The number of likely N-dealkylation sites (tertiary alicyclic amines) is 1. The van der Waals surface area contributed by atoms with Crippen molar-refractivity contribution in [1.82, 2.24) is 15.5 Å². The summed E-state index contributed by atoms with van der Waals surface area (Å²) in [6.07, 6.45) is 6.12. The molecule has 2 N–H and O–H groups in total. The Labute approximate surface area is 206 Å². The summed E-state index contributed by atoms with van der Waals surface area (Å²) in [5.74, 6) is 0.0917. The van der Waals surface area contributed by atoms with Crippen LogP contribution >= 0.6 is 0 Å². The quantitative estimate of drug-likeness (QED) is 0.693. The molecule has 2 aliphatic heterocycles. The average Bonchev–Trinajstić information content (AvgIpc) is 2.83. The minimum Gasteiger partial charge on any atom is -0.381 e. The summed E-state index contributed by atoms with van der Waals surface area (Å²) in [6, 6.07) is 6.18. The molecule has 1 aromatic carbocycles. The molecule has 2 saturated heterocycles. The highest BCUT2D eigenvalue weighted by molar-refractivity contribution is 5.90. The maximum Gasteiger partial charge on any atom is 0.242 e. The second-order valence-electron chi connectivity index (χ2n) is 10.5. The molecular weight excluding hydrogens is 426 g/mol. The summed E-state index contributed by atoms with van der Waals surface area (Å²) in [4.78, 5) is 29.2. The Balaban J connectivity index is 1.72. The number of rotatable bonds is 4. The van der Waals surface area contributed by atoms with Crippen molar-refractivity contribution in [2.24, 2.45) is 11.3 Å². The van der Waals surface area contributed by atoms with Gasteiger partial charge >= 0.3 is 0 Å². The van der Waals surface area contributed by atoms with Crippen LogP contribution in [0.25, 0.3) is 0 Å². The van der Waals surface area contributed by atoms with E-state index in [-0.39, 0.29) is 17.7 Å². The first kappa shape index (κ1) is 26.7. The Morgan fingerprint density at radius 3 is 2.53 bits per heavy atom. The maximum atomic E-state index is 13.8. The van der Waals surface area contributed by atoms with Gasteiger partial charge in [0, 0.05) is 26.3 Å². The monoisotopic (exact) mass is 471 g/mol. The third-order valence-electron chi connectivity index (χ3n) is 7.93. The Bertz CT molecular complexity index is 817. The van der Waals surface area contributed by atoms with Gasteiger partial charge in [0.1, 0.15) is 6.04 Å². The molecule has 6 heteroatoms. The molecule has 0 bridgehead atoms. The summed E-state index contributed by atoms with van der Waals surface area (Å²) in [5.41, 5.74) is 3.58. The molecular formula is C28H45N3O3. The molecule has 0 saturated carbocycles. The van der Waals surface area contributed by atoms with E-state index in [1.165, 1.54) is 16.7 Å². The lowest BCUT2D eigenvalue weighted by Crippen LogP contribution is -2.56. The summed E-state index contributed by atoms with van der Waals surface area (Å²) < 4.78 is 5.75. The lowest BCUT2D eigenvalue weighted by molar-refractivity contribution is -0.139. The van der Waals surface area contributed by atoms with E-state index in [4.69, 9.17) is 4.74 Å². The molecule has 0 radical (unpaired) electrons. The van der Waals surface area contributed by atoms with Gasteiger partial charge in [-0.15, -0.1) is 0 Å². The SMILES string of the molecule is CC[C@H](C)[C@@H]1NC(=O)C2(CCCCOCCCNC1=O)CCN(Cc1ccc(C)cc1C)CC2. The number of carbonyl (C=O) groups excluding carboxylic acids is 2.